The molecule has 8 heteroatoms. The highest BCUT2D eigenvalue weighted by Crippen LogP contribution is 2.19. The van der Waals surface area contributed by atoms with Gasteiger partial charge in [0.1, 0.15) is 35.6 Å². The Balaban J connectivity index is 2.41. The van der Waals surface area contributed by atoms with Crippen LogP contribution in [-0.2, 0) is 9.59 Å². The number of imide groups is 1. The third kappa shape index (κ3) is 2.36. The first-order valence-electron chi connectivity index (χ1n) is 5.60. The summed E-state index contributed by atoms with van der Waals surface area (Å²) in [6.07, 6.45) is 0. The molecule has 1 aliphatic rings. The molecule has 20 heavy (non-hydrogen) atoms. The van der Waals surface area contributed by atoms with Crippen LogP contribution in [0.2, 0.25) is 0 Å². The predicted octanol–water partition coefficient (Wildman–Crippen LogP) is 0.591. The number of carbonyl (C=O) groups is 3. The van der Waals surface area contributed by atoms with Gasteiger partial charge in [-0.2, -0.15) is 0 Å². The molecular weight excluding hydrogens is 277 g/mol. The van der Waals surface area contributed by atoms with Crippen LogP contribution in [0.4, 0.5) is 13.2 Å². The molecule has 2 rings (SSSR count). The zero-order valence-electron chi connectivity index (χ0n) is 10.2. The second-order valence-electron chi connectivity index (χ2n) is 4.27. The molecule has 0 aliphatic carbocycles. The smallest absolute Gasteiger partial charge is 0.260 e. The number of nitrogens with zero attached hydrogens (tertiary/aromatic N) is 1. The summed E-state index contributed by atoms with van der Waals surface area (Å²) in [6, 6.07) is -0.358. The molecule has 1 atom stereocenters. The summed E-state index contributed by atoms with van der Waals surface area (Å²) >= 11 is 0. The van der Waals surface area contributed by atoms with Crippen LogP contribution < -0.4 is 5.32 Å². The fourth-order valence-electron chi connectivity index (χ4n) is 1.85. The van der Waals surface area contributed by atoms with E-state index in [9.17, 15) is 27.6 Å². The zero-order chi connectivity index (χ0) is 15.0. The van der Waals surface area contributed by atoms with Crippen molar-refractivity contribution in [1.29, 1.82) is 0 Å². The number of hydrogen-bond donors (Lipinski definition) is 1. The van der Waals surface area contributed by atoms with E-state index in [1.807, 2.05) is 5.32 Å². The monoisotopic (exact) mass is 286 g/mol. The van der Waals surface area contributed by atoms with E-state index in [1.54, 1.807) is 0 Å². The summed E-state index contributed by atoms with van der Waals surface area (Å²) in [4.78, 5) is 35.4. The molecule has 1 saturated heterocycles. The van der Waals surface area contributed by atoms with Crippen molar-refractivity contribution in [2.45, 2.75) is 13.0 Å². The Morgan fingerprint density at radius 3 is 2.35 bits per heavy atom. The quantitative estimate of drug-likeness (QED) is 0.768. The van der Waals surface area contributed by atoms with Gasteiger partial charge in [-0.15, -0.1) is 0 Å². The van der Waals surface area contributed by atoms with Gasteiger partial charge in [0.2, 0.25) is 11.8 Å². The Morgan fingerprint density at radius 2 is 1.80 bits per heavy atom. The number of carbonyl (C=O) groups excluding carboxylic acids is 3. The van der Waals surface area contributed by atoms with Crippen LogP contribution in [0.1, 0.15) is 17.3 Å². The lowest BCUT2D eigenvalue weighted by atomic mass is 10.1. The summed E-state index contributed by atoms with van der Waals surface area (Å²) < 4.78 is 39.8. The van der Waals surface area contributed by atoms with Crippen LogP contribution in [0.5, 0.6) is 0 Å². The molecule has 0 aromatic heterocycles. The maximum absolute atomic E-state index is 13.5. The van der Waals surface area contributed by atoms with Crippen molar-refractivity contribution >= 4 is 17.7 Å². The van der Waals surface area contributed by atoms with E-state index in [0.29, 0.717) is 12.1 Å². The SMILES string of the molecule is CC1C(=O)NC(=O)CN1C(=O)c1c(F)cc(F)cc1F. The van der Waals surface area contributed by atoms with Crippen LogP contribution in [0, 0.1) is 17.5 Å². The minimum absolute atomic E-state index is 0.354. The Morgan fingerprint density at radius 1 is 1.25 bits per heavy atom. The fraction of sp³-hybridized carbons (Fsp3) is 0.250. The first-order chi connectivity index (χ1) is 9.31. The first-order valence-corrected chi connectivity index (χ1v) is 5.60. The van der Waals surface area contributed by atoms with Crippen LogP contribution in [-0.4, -0.2) is 35.2 Å². The van der Waals surface area contributed by atoms with E-state index < -0.39 is 53.3 Å². The Hall–Kier alpha value is -2.38. The summed E-state index contributed by atoms with van der Waals surface area (Å²) in [7, 11) is 0. The van der Waals surface area contributed by atoms with Crippen LogP contribution >= 0.6 is 0 Å². The molecule has 1 aromatic rings. The van der Waals surface area contributed by atoms with Crippen molar-refractivity contribution in [2.75, 3.05) is 6.54 Å². The van der Waals surface area contributed by atoms with Crippen molar-refractivity contribution in [3.05, 3.63) is 35.1 Å². The van der Waals surface area contributed by atoms with Crippen LogP contribution in [0.3, 0.4) is 0 Å². The molecule has 1 heterocycles. The van der Waals surface area contributed by atoms with E-state index in [1.165, 1.54) is 6.92 Å². The average molecular weight is 286 g/mol. The second-order valence-corrected chi connectivity index (χ2v) is 4.27. The van der Waals surface area contributed by atoms with E-state index in [4.69, 9.17) is 0 Å². The van der Waals surface area contributed by atoms with E-state index in [0.717, 1.165) is 4.90 Å². The lowest BCUT2D eigenvalue weighted by molar-refractivity contribution is -0.138. The highest BCUT2D eigenvalue weighted by atomic mass is 19.1. The van der Waals surface area contributed by atoms with Crippen molar-refractivity contribution in [3.8, 4) is 0 Å². The number of rotatable bonds is 1. The van der Waals surface area contributed by atoms with Gasteiger partial charge in [0.25, 0.3) is 5.91 Å². The third-order valence-corrected chi connectivity index (χ3v) is 2.91. The molecule has 1 unspecified atom stereocenters. The number of amides is 3. The second kappa shape index (κ2) is 4.95. The minimum atomic E-state index is -1.39. The molecule has 3 amide bonds. The molecular formula is C12H9F3N2O3. The highest BCUT2D eigenvalue weighted by Gasteiger charge is 2.36. The third-order valence-electron chi connectivity index (χ3n) is 2.91. The molecule has 0 bridgehead atoms. The van der Waals surface area contributed by atoms with E-state index in [2.05, 4.69) is 0 Å². The Labute approximate surface area is 111 Å². The van der Waals surface area contributed by atoms with E-state index in [-0.39, 0.29) is 0 Å². The van der Waals surface area contributed by atoms with Gasteiger partial charge in [0.15, 0.2) is 0 Å². The minimum Gasteiger partial charge on any atom is -0.317 e. The van der Waals surface area contributed by atoms with Crippen LogP contribution in [0.15, 0.2) is 12.1 Å². The van der Waals surface area contributed by atoms with Gasteiger partial charge in [-0.05, 0) is 6.92 Å². The van der Waals surface area contributed by atoms with Crippen molar-refractivity contribution in [3.63, 3.8) is 0 Å². The average Bonchev–Trinajstić information content (AvgIpc) is 2.32. The summed E-state index contributed by atoms with van der Waals surface area (Å²) in [5, 5.41) is 1.98. The molecule has 0 spiro atoms. The van der Waals surface area contributed by atoms with Crippen molar-refractivity contribution < 1.29 is 27.6 Å². The summed E-state index contributed by atoms with van der Waals surface area (Å²) in [5.41, 5.74) is -0.999. The number of piperazine rings is 1. The number of nitrogens with one attached hydrogen (secondary N) is 1. The Kier molecular flexibility index (Phi) is 3.47. The first kappa shape index (κ1) is 14.0. The maximum atomic E-state index is 13.5. The standard InChI is InChI=1S/C12H9F3N2O3/c1-5-11(19)16-9(18)4-17(5)12(20)10-7(14)2-6(13)3-8(10)15/h2-3,5H,4H2,1H3,(H,16,18,19). The van der Waals surface area contributed by atoms with Gasteiger partial charge in [-0.25, -0.2) is 13.2 Å². The topological polar surface area (TPSA) is 66.5 Å². The normalized spacial score (nSPS) is 19.0. The fourth-order valence-corrected chi connectivity index (χ4v) is 1.85. The predicted molar refractivity (Wildman–Crippen MR) is 60.0 cm³/mol. The lowest BCUT2D eigenvalue weighted by Crippen LogP contribution is -2.58. The molecule has 1 fully saturated rings. The van der Waals surface area contributed by atoms with Gasteiger partial charge in [0, 0.05) is 12.1 Å². The highest BCUT2D eigenvalue weighted by molar-refractivity contribution is 6.07. The molecule has 106 valence electrons. The van der Waals surface area contributed by atoms with Gasteiger partial charge in [-0.3, -0.25) is 19.7 Å². The molecule has 0 radical (unpaired) electrons. The lowest BCUT2D eigenvalue weighted by Gasteiger charge is -2.31. The van der Waals surface area contributed by atoms with E-state index >= 15 is 0 Å². The largest absolute Gasteiger partial charge is 0.317 e. The zero-order valence-corrected chi connectivity index (χ0v) is 10.2. The van der Waals surface area contributed by atoms with Crippen LogP contribution in [0.25, 0.3) is 0 Å². The number of halogens is 3. The number of benzene rings is 1. The van der Waals surface area contributed by atoms with Gasteiger partial charge >= 0.3 is 0 Å². The molecule has 0 saturated carbocycles. The van der Waals surface area contributed by atoms with Crippen molar-refractivity contribution in [2.24, 2.45) is 0 Å². The summed E-state index contributed by atoms with van der Waals surface area (Å²) in [5.74, 6) is -6.65. The van der Waals surface area contributed by atoms with Crippen molar-refractivity contribution in [1.82, 2.24) is 10.2 Å². The Bertz CT molecular complexity index is 595. The van der Waals surface area contributed by atoms with Gasteiger partial charge < -0.3 is 4.90 Å². The molecule has 1 aliphatic heterocycles. The van der Waals surface area contributed by atoms with Gasteiger partial charge in [0.05, 0.1) is 0 Å². The molecule has 1 N–H and O–H groups in total. The maximum Gasteiger partial charge on any atom is 0.260 e. The molecule has 1 aromatic carbocycles. The summed E-state index contributed by atoms with van der Waals surface area (Å²) in [6.45, 7) is 0.793. The molecule has 5 nitrogen and oxygen atoms in total. The van der Waals surface area contributed by atoms with Gasteiger partial charge in [-0.1, -0.05) is 0 Å². The number of hydrogen-bond acceptors (Lipinski definition) is 3.